The Morgan fingerprint density at radius 3 is 2.82 bits per heavy atom. The SMILES string of the molecule is CCOC(=O)NC(=O)CSc1nnc(N2CCOCC2)n1-c1cccc(F)c1. The number of imide groups is 1. The number of ether oxygens (including phenoxy) is 2. The minimum absolute atomic E-state index is 0.0740. The summed E-state index contributed by atoms with van der Waals surface area (Å²) < 4.78 is 25.5. The van der Waals surface area contributed by atoms with E-state index in [0.29, 0.717) is 43.1 Å². The molecule has 0 bridgehead atoms. The van der Waals surface area contributed by atoms with Crippen LogP contribution < -0.4 is 10.2 Å². The van der Waals surface area contributed by atoms with E-state index in [9.17, 15) is 14.0 Å². The molecule has 1 aromatic heterocycles. The lowest BCUT2D eigenvalue weighted by Crippen LogP contribution is -2.38. The van der Waals surface area contributed by atoms with Gasteiger partial charge in [-0.1, -0.05) is 17.8 Å². The zero-order chi connectivity index (χ0) is 19.9. The van der Waals surface area contributed by atoms with Crippen molar-refractivity contribution in [3.63, 3.8) is 0 Å². The van der Waals surface area contributed by atoms with Crippen molar-refractivity contribution in [1.29, 1.82) is 0 Å². The summed E-state index contributed by atoms with van der Waals surface area (Å²) in [6.45, 7) is 4.18. The van der Waals surface area contributed by atoms with Gasteiger partial charge in [0.1, 0.15) is 5.82 Å². The molecule has 1 fully saturated rings. The highest BCUT2D eigenvalue weighted by atomic mass is 32.2. The molecule has 2 aromatic rings. The largest absolute Gasteiger partial charge is 0.450 e. The summed E-state index contributed by atoms with van der Waals surface area (Å²) in [6, 6.07) is 6.05. The fraction of sp³-hybridized carbons (Fsp3) is 0.412. The minimum atomic E-state index is -0.797. The highest BCUT2D eigenvalue weighted by Crippen LogP contribution is 2.27. The molecule has 3 rings (SSSR count). The van der Waals surface area contributed by atoms with Crippen LogP contribution in [0, 0.1) is 5.82 Å². The predicted molar refractivity (Wildman–Crippen MR) is 100 cm³/mol. The van der Waals surface area contributed by atoms with Gasteiger partial charge in [0.05, 0.1) is 31.3 Å². The van der Waals surface area contributed by atoms with E-state index < -0.39 is 17.8 Å². The Morgan fingerprint density at radius 2 is 2.11 bits per heavy atom. The van der Waals surface area contributed by atoms with Crippen LogP contribution in [-0.4, -0.2) is 65.4 Å². The number of hydrogen-bond donors (Lipinski definition) is 1. The number of hydrogen-bond acceptors (Lipinski definition) is 8. The Bertz CT molecular complexity index is 841. The van der Waals surface area contributed by atoms with Crippen LogP contribution in [0.2, 0.25) is 0 Å². The molecule has 28 heavy (non-hydrogen) atoms. The molecule has 150 valence electrons. The average molecular weight is 409 g/mol. The van der Waals surface area contributed by atoms with Crippen molar-refractivity contribution in [3.05, 3.63) is 30.1 Å². The fourth-order valence-corrected chi connectivity index (χ4v) is 3.36. The van der Waals surface area contributed by atoms with E-state index in [1.165, 1.54) is 12.1 Å². The van der Waals surface area contributed by atoms with Gasteiger partial charge in [-0.2, -0.15) is 0 Å². The fourth-order valence-electron chi connectivity index (χ4n) is 2.61. The zero-order valence-electron chi connectivity index (χ0n) is 15.3. The molecule has 2 heterocycles. The van der Waals surface area contributed by atoms with E-state index in [0.717, 1.165) is 11.8 Å². The van der Waals surface area contributed by atoms with Crippen molar-refractivity contribution < 1.29 is 23.5 Å². The monoisotopic (exact) mass is 409 g/mol. The van der Waals surface area contributed by atoms with Gasteiger partial charge in [0.2, 0.25) is 11.9 Å². The molecule has 1 aliphatic heterocycles. The molecular formula is C17H20FN5O4S. The number of carbonyl (C=O) groups excluding carboxylic acids is 2. The van der Waals surface area contributed by atoms with Crippen LogP contribution in [0.3, 0.4) is 0 Å². The molecule has 2 amide bonds. The summed E-state index contributed by atoms with van der Waals surface area (Å²) in [4.78, 5) is 25.3. The molecule has 11 heteroatoms. The molecule has 1 aromatic carbocycles. The third-order valence-corrected chi connectivity index (χ3v) is 4.75. The number of nitrogens with zero attached hydrogens (tertiary/aromatic N) is 4. The molecular weight excluding hydrogens is 389 g/mol. The van der Waals surface area contributed by atoms with Crippen LogP contribution in [0.15, 0.2) is 29.4 Å². The van der Waals surface area contributed by atoms with E-state index in [1.807, 2.05) is 4.90 Å². The molecule has 0 radical (unpaired) electrons. The van der Waals surface area contributed by atoms with Crippen molar-refractivity contribution in [2.24, 2.45) is 0 Å². The van der Waals surface area contributed by atoms with Gasteiger partial charge in [0, 0.05) is 13.1 Å². The molecule has 0 spiro atoms. The smallest absolute Gasteiger partial charge is 0.413 e. The molecule has 1 aliphatic rings. The van der Waals surface area contributed by atoms with Crippen molar-refractivity contribution >= 4 is 29.7 Å². The summed E-state index contributed by atoms with van der Waals surface area (Å²) in [5, 5.41) is 10.9. The number of aromatic nitrogens is 3. The second-order valence-corrected chi connectivity index (χ2v) is 6.70. The van der Waals surface area contributed by atoms with Gasteiger partial charge in [0.25, 0.3) is 0 Å². The molecule has 0 saturated carbocycles. The maximum Gasteiger partial charge on any atom is 0.413 e. The summed E-state index contributed by atoms with van der Waals surface area (Å²) in [6.07, 6.45) is -0.797. The first-order chi connectivity index (χ1) is 13.6. The number of halogens is 1. The molecule has 0 aliphatic carbocycles. The maximum absolute atomic E-state index is 13.8. The number of benzene rings is 1. The van der Waals surface area contributed by atoms with E-state index in [1.54, 1.807) is 23.6 Å². The number of alkyl carbamates (subject to hydrolysis) is 1. The number of amides is 2. The van der Waals surface area contributed by atoms with Crippen LogP contribution >= 0.6 is 11.8 Å². The van der Waals surface area contributed by atoms with Crippen LogP contribution in [0.5, 0.6) is 0 Å². The lowest BCUT2D eigenvalue weighted by molar-refractivity contribution is -0.117. The summed E-state index contributed by atoms with van der Waals surface area (Å²) in [7, 11) is 0. The maximum atomic E-state index is 13.8. The molecule has 9 nitrogen and oxygen atoms in total. The summed E-state index contributed by atoms with van der Waals surface area (Å²) in [5.74, 6) is -0.447. The van der Waals surface area contributed by atoms with E-state index in [-0.39, 0.29) is 12.4 Å². The topological polar surface area (TPSA) is 98.6 Å². The molecule has 0 atom stereocenters. The van der Waals surface area contributed by atoms with Gasteiger partial charge in [-0.25, -0.2) is 9.18 Å². The van der Waals surface area contributed by atoms with Gasteiger partial charge in [-0.3, -0.25) is 14.7 Å². The van der Waals surface area contributed by atoms with E-state index >= 15 is 0 Å². The van der Waals surface area contributed by atoms with Crippen molar-refractivity contribution in [1.82, 2.24) is 20.1 Å². The Hall–Kier alpha value is -2.66. The lowest BCUT2D eigenvalue weighted by Gasteiger charge is -2.27. The Morgan fingerprint density at radius 1 is 1.32 bits per heavy atom. The number of anilines is 1. The highest BCUT2D eigenvalue weighted by molar-refractivity contribution is 7.99. The number of carbonyl (C=O) groups is 2. The quantitative estimate of drug-likeness (QED) is 0.719. The first-order valence-corrected chi connectivity index (χ1v) is 9.70. The van der Waals surface area contributed by atoms with Gasteiger partial charge < -0.3 is 14.4 Å². The normalized spacial score (nSPS) is 14.0. The third-order valence-electron chi connectivity index (χ3n) is 3.83. The molecule has 1 N–H and O–H groups in total. The minimum Gasteiger partial charge on any atom is -0.450 e. The Balaban J connectivity index is 1.81. The third kappa shape index (κ3) is 4.98. The van der Waals surface area contributed by atoms with Crippen molar-refractivity contribution in [2.45, 2.75) is 12.1 Å². The number of rotatable bonds is 6. The number of thioether (sulfide) groups is 1. The van der Waals surface area contributed by atoms with E-state index in [2.05, 4.69) is 20.3 Å². The standard InChI is InChI=1S/C17H20FN5O4S/c1-2-27-17(25)19-14(24)11-28-16-21-20-15(22-6-8-26-9-7-22)23(16)13-5-3-4-12(18)10-13/h3-5,10H,2,6-9,11H2,1H3,(H,19,24,25). The van der Waals surface area contributed by atoms with Crippen LogP contribution in [-0.2, 0) is 14.3 Å². The van der Waals surface area contributed by atoms with Gasteiger partial charge >= 0.3 is 6.09 Å². The Kier molecular flexibility index (Phi) is 6.82. The van der Waals surface area contributed by atoms with Gasteiger partial charge in [-0.15, -0.1) is 10.2 Å². The zero-order valence-corrected chi connectivity index (χ0v) is 16.1. The lowest BCUT2D eigenvalue weighted by atomic mass is 10.3. The van der Waals surface area contributed by atoms with Crippen LogP contribution in [0.4, 0.5) is 15.1 Å². The van der Waals surface area contributed by atoms with E-state index in [4.69, 9.17) is 4.74 Å². The van der Waals surface area contributed by atoms with Gasteiger partial charge in [0.15, 0.2) is 5.16 Å². The van der Waals surface area contributed by atoms with Crippen LogP contribution in [0.1, 0.15) is 6.92 Å². The second-order valence-electron chi connectivity index (χ2n) is 5.75. The van der Waals surface area contributed by atoms with Crippen molar-refractivity contribution in [3.8, 4) is 5.69 Å². The number of nitrogens with one attached hydrogen (secondary N) is 1. The number of morpholine rings is 1. The van der Waals surface area contributed by atoms with Crippen LogP contribution in [0.25, 0.3) is 5.69 Å². The average Bonchev–Trinajstić information content (AvgIpc) is 3.11. The first-order valence-electron chi connectivity index (χ1n) is 8.72. The second kappa shape index (κ2) is 9.51. The first kappa shape index (κ1) is 20.1. The Labute approximate surface area is 165 Å². The predicted octanol–water partition coefficient (Wildman–Crippen LogP) is 1.61. The summed E-state index contributed by atoms with van der Waals surface area (Å²) >= 11 is 1.09. The van der Waals surface area contributed by atoms with Crippen molar-refractivity contribution in [2.75, 3.05) is 43.6 Å². The highest BCUT2D eigenvalue weighted by Gasteiger charge is 2.22. The summed E-state index contributed by atoms with van der Waals surface area (Å²) in [5.41, 5.74) is 0.541. The van der Waals surface area contributed by atoms with Gasteiger partial charge in [-0.05, 0) is 25.1 Å². The molecule has 0 unspecified atom stereocenters. The molecule has 1 saturated heterocycles.